The molecule has 4 heterocycles. The molecular formula is C34H34N4O5S2. The summed E-state index contributed by atoms with van der Waals surface area (Å²) < 4.78 is 20.9. The van der Waals surface area contributed by atoms with Gasteiger partial charge in [-0.25, -0.2) is 9.79 Å². The van der Waals surface area contributed by atoms with Crippen LogP contribution in [-0.4, -0.2) is 35.4 Å². The van der Waals surface area contributed by atoms with Gasteiger partial charge in [-0.1, -0.05) is 17.4 Å². The number of hydrogen-bond acceptors (Lipinski definition) is 9. The summed E-state index contributed by atoms with van der Waals surface area (Å²) in [5.41, 5.74) is 5.43. The molecule has 45 heavy (non-hydrogen) atoms. The molecule has 0 saturated heterocycles. The summed E-state index contributed by atoms with van der Waals surface area (Å²) in [6.07, 6.45) is 7.57. The number of thiophene rings is 1. The van der Waals surface area contributed by atoms with Gasteiger partial charge in [0, 0.05) is 22.5 Å². The summed E-state index contributed by atoms with van der Waals surface area (Å²) >= 11 is 2.97. The molecule has 1 aromatic carbocycles. The summed E-state index contributed by atoms with van der Waals surface area (Å²) in [5, 5.41) is 11.0. The van der Waals surface area contributed by atoms with Gasteiger partial charge in [0.25, 0.3) is 5.56 Å². The van der Waals surface area contributed by atoms with Crippen LogP contribution < -0.4 is 24.4 Å². The van der Waals surface area contributed by atoms with Crippen molar-refractivity contribution in [2.75, 3.05) is 20.3 Å². The highest BCUT2D eigenvalue weighted by Crippen LogP contribution is 2.39. The fourth-order valence-corrected chi connectivity index (χ4v) is 8.61. The van der Waals surface area contributed by atoms with Crippen molar-refractivity contribution in [3.05, 3.63) is 94.2 Å². The van der Waals surface area contributed by atoms with Crippen molar-refractivity contribution in [3.8, 4) is 22.6 Å². The fourth-order valence-electron chi connectivity index (χ4n) is 6.20. The number of benzene rings is 1. The maximum absolute atomic E-state index is 14.1. The van der Waals surface area contributed by atoms with E-state index in [1.165, 1.54) is 35.1 Å². The molecule has 0 saturated carbocycles. The Kier molecular flexibility index (Phi) is 8.53. The third kappa shape index (κ3) is 5.32. The van der Waals surface area contributed by atoms with Gasteiger partial charge in [0.2, 0.25) is 0 Å². The van der Waals surface area contributed by atoms with Gasteiger partial charge in [-0.2, -0.15) is 5.26 Å². The van der Waals surface area contributed by atoms with Crippen LogP contribution in [0.3, 0.4) is 0 Å². The lowest BCUT2D eigenvalue weighted by atomic mass is 9.96. The topological polar surface area (TPSA) is 108 Å². The third-order valence-corrected chi connectivity index (χ3v) is 10.5. The van der Waals surface area contributed by atoms with Gasteiger partial charge in [0.15, 0.2) is 16.3 Å². The Balaban J connectivity index is 1.48. The zero-order chi connectivity index (χ0) is 31.8. The van der Waals surface area contributed by atoms with E-state index in [0.29, 0.717) is 39.6 Å². The molecule has 0 spiro atoms. The first-order valence-corrected chi connectivity index (χ1v) is 16.7. The van der Waals surface area contributed by atoms with Gasteiger partial charge in [-0.3, -0.25) is 9.36 Å². The van der Waals surface area contributed by atoms with Gasteiger partial charge in [-0.15, -0.1) is 11.3 Å². The van der Waals surface area contributed by atoms with Gasteiger partial charge < -0.3 is 18.8 Å². The highest BCUT2D eigenvalue weighted by molar-refractivity contribution is 7.15. The van der Waals surface area contributed by atoms with Gasteiger partial charge in [0.05, 0.1) is 42.0 Å². The molecule has 1 aliphatic heterocycles. The predicted molar refractivity (Wildman–Crippen MR) is 174 cm³/mol. The Hall–Kier alpha value is -4.40. The van der Waals surface area contributed by atoms with Crippen LogP contribution in [0.15, 0.2) is 45.8 Å². The highest BCUT2D eigenvalue weighted by atomic mass is 32.1. The quantitative estimate of drug-likeness (QED) is 0.250. The van der Waals surface area contributed by atoms with Gasteiger partial charge >= 0.3 is 5.97 Å². The van der Waals surface area contributed by atoms with Crippen molar-refractivity contribution in [3.63, 3.8) is 0 Å². The van der Waals surface area contributed by atoms with E-state index in [1.54, 1.807) is 28.0 Å². The first kappa shape index (κ1) is 30.6. The number of carbonyl (C=O) groups excluding carboxylic acids is 1. The molecule has 0 radical (unpaired) electrons. The monoisotopic (exact) mass is 642 g/mol. The zero-order valence-corrected chi connectivity index (χ0v) is 27.6. The largest absolute Gasteiger partial charge is 0.490 e. The van der Waals surface area contributed by atoms with Crippen LogP contribution >= 0.6 is 22.7 Å². The van der Waals surface area contributed by atoms with E-state index in [9.17, 15) is 14.9 Å². The molecule has 6 rings (SSSR count). The average Bonchev–Trinajstić information content (AvgIpc) is 3.66. The maximum atomic E-state index is 14.1. The number of thiazole rings is 1. The minimum Gasteiger partial charge on any atom is -0.490 e. The van der Waals surface area contributed by atoms with Crippen molar-refractivity contribution in [1.29, 1.82) is 5.26 Å². The Morgan fingerprint density at radius 1 is 1.11 bits per heavy atom. The van der Waals surface area contributed by atoms with Crippen molar-refractivity contribution in [2.45, 2.75) is 59.4 Å². The number of ether oxygens (including phenoxy) is 3. The number of methoxy groups -OCH3 is 1. The highest BCUT2D eigenvalue weighted by Gasteiger charge is 2.32. The smallest absolute Gasteiger partial charge is 0.337 e. The number of aryl methyl sites for hydroxylation is 2. The van der Waals surface area contributed by atoms with Crippen LogP contribution in [0.25, 0.3) is 11.1 Å². The van der Waals surface area contributed by atoms with Crippen LogP contribution in [0.1, 0.15) is 71.2 Å². The summed E-state index contributed by atoms with van der Waals surface area (Å²) in [6, 6.07) is 9.18. The van der Waals surface area contributed by atoms with E-state index in [0.717, 1.165) is 53.2 Å². The van der Waals surface area contributed by atoms with Gasteiger partial charge in [0.1, 0.15) is 11.1 Å². The van der Waals surface area contributed by atoms with Crippen molar-refractivity contribution in [2.24, 2.45) is 4.99 Å². The van der Waals surface area contributed by atoms with E-state index in [2.05, 4.69) is 15.6 Å². The molecule has 1 atom stereocenters. The van der Waals surface area contributed by atoms with Crippen LogP contribution in [0.2, 0.25) is 0 Å². The van der Waals surface area contributed by atoms with Gasteiger partial charge in [-0.05, 0) is 94.3 Å². The molecule has 11 heteroatoms. The second kappa shape index (κ2) is 12.5. The molecule has 0 N–H and O–H groups in total. The zero-order valence-electron chi connectivity index (χ0n) is 25.9. The maximum Gasteiger partial charge on any atom is 0.337 e. The molecule has 1 aliphatic carbocycles. The number of aromatic nitrogens is 2. The molecule has 2 aliphatic rings. The predicted octanol–water partition coefficient (Wildman–Crippen LogP) is 5.04. The minimum atomic E-state index is -0.770. The number of hydrogen-bond donors (Lipinski definition) is 0. The summed E-state index contributed by atoms with van der Waals surface area (Å²) in [6.45, 7) is 8.71. The Bertz CT molecular complexity index is 2070. The van der Waals surface area contributed by atoms with E-state index >= 15 is 0 Å². The number of carbonyl (C=O) groups is 1. The average molecular weight is 643 g/mol. The minimum absolute atomic E-state index is 0.243. The lowest BCUT2D eigenvalue weighted by Crippen LogP contribution is -2.39. The number of rotatable bonds is 8. The molecule has 232 valence electrons. The van der Waals surface area contributed by atoms with Crippen molar-refractivity contribution < 1.29 is 19.0 Å². The molecule has 4 aromatic rings. The Morgan fingerprint density at radius 3 is 2.60 bits per heavy atom. The molecule has 0 unspecified atom stereocenters. The second-order valence-electron chi connectivity index (χ2n) is 10.9. The molecule has 0 bridgehead atoms. The van der Waals surface area contributed by atoms with Crippen molar-refractivity contribution >= 4 is 34.7 Å². The van der Waals surface area contributed by atoms with E-state index in [-0.39, 0.29) is 11.1 Å². The number of nitrogens with zero attached hydrogens (tertiary/aromatic N) is 4. The molecule has 0 fully saturated rings. The molecular weight excluding hydrogens is 609 g/mol. The lowest BCUT2D eigenvalue weighted by molar-refractivity contribution is -0.136. The SMILES string of the molecule is CCOc1ccc([C@H]2C(C(=O)OC)=CN=c3s/c(=C\c4cc(C)n(-c5sc6c(c5C#N)CCCC6)c4C)c(=O)n32)cc1OCC. The van der Waals surface area contributed by atoms with Crippen LogP contribution in [0, 0.1) is 25.2 Å². The van der Waals surface area contributed by atoms with Crippen LogP contribution in [-0.2, 0) is 22.4 Å². The Morgan fingerprint density at radius 2 is 1.87 bits per heavy atom. The standard InChI is InChI=1S/C34H34N4O5S2/c1-6-42-26-13-12-21(15-27(26)43-7-2)30-25(33(40)41-5)18-36-34-38(30)31(39)29(45-34)16-22-14-19(3)37(20(22)4)32-24(17-35)23-10-8-9-11-28(23)44-32/h12-16,18,30H,6-11H2,1-5H3/b29-16-/t30-/m0/s1. The Labute approximate surface area is 268 Å². The number of nitriles is 1. The van der Waals surface area contributed by atoms with Crippen LogP contribution in [0.5, 0.6) is 11.5 Å². The second-order valence-corrected chi connectivity index (χ2v) is 13.0. The fraction of sp³-hybridized carbons (Fsp3) is 0.353. The van der Waals surface area contributed by atoms with E-state index < -0.39 is 12.0 Å². The number of esters is 1. The summed E-state index contributed by atoms with van der Waals surface area (Å²) in [7, 11) is 1.31. The molecule has 3 aromatic heterocycles. The first-order chi connectivity index (χ1) is 21.8. The van der Waals surface area contributed by atoms with Crippen LogP contribution in [0.4, 0.5) is 0 Å². The van der Waals surface area contributed by atoms with Crippen molar-refractivity contribution in [1.82, 2.24) is 9.13 Å². The lowest BCUT2D eigenvalue weighted by Gasteiger charge is -2.23. The van der Waals surface area contributed by atoms with E-state index in [4.69, 9.17) is 14.2 Å². The number of fused-ring (bicyclic) bond motifs is 2. The first-order valence-electron chi connectivity index (χ1n) is 15.0. The normalized spacial score (nSPS) is 15.9. The van der Waals surface area contributed by atoms with E-state index in [1.807, 2.05) is 45.9 Å². The third-order valence-electron chi connectivity index (χ3n) is 8.23. The molecule has 0 amide bonds. The summed E-state index contributed by atoms with van der Waals surface area (Å²) in [4.78, 5) is 33.4. The molecule has 9 nitrogen and oxygen atoms in total. The summed E-state index contributed by atoms with van der Waals surface area (Å²) in [5.74, 6) is 0.542.